The summed E-state index contributed by atoms with van der Waals surface area (Å²) < 4.78 is 5.51. The number of rotatable bonds is 6. The Balaban J connectivity index is 1.40. The zero-order chi connectivity index (χ0) is 17.4. The molecule has 1 aliphatic carbocycles. The van der Waals surface area contributed by atoms with Crippen molar-refractivity contribution in [1.29, 1.82) is 0 Å². The van der Waals surface area contributed by atoms with E-state index in [2.05, 4.69) is 28.6 Å². The molecule has 1 saturated carbocycles. The molecule has 130 valence electrons. The van der Waals surface area contributed by atoms with Gasteiger partial charge in [0.15, 0.2) is 5.06 Å². The van der Waals surface area contributed by atoms with Crippen molar-refractivity contribution >= 4 is 28.1 Å². The van der Waals surface area contributed by atoms with Gasteiger partial charge in [-0.1, -0.05) is 18.2 Å². The van der Waals surface area contributed by atoms with Gasteiger partial charge in [0.25, 0.3) is 0 Å². The van der Waals surface area contributed by atoms with E-state index in [0.29, 0.717) is 12.5 Å². The summed E-state index contributed by atoms with van der Waals surface area (Å²) in [6.07, 6.45) is 2.98. The Bertz CT molecular complexity index is 898. The molecule has 0 aliphatic heterocycles. The lowest BCUT2D eigenvalue weighted by atomic mass is 10.1. The standard InChI is InChI=1S/C20H22N2O2S/c1-3-24-19-9-8-18(25-19)12(2)22-20(23)15-10-14(15)16-11-21-17-7-5-4-6-13(16)17/h4-9,11-12,14-15,21H,3,10H2,1-2H3,(H,22,23)/t12-,14?,15?/m1/s1. The largest absolute Gasteiger partial charge is 0.484 e. The summed E-state index contributed by atoms with van der Waals surface area (Å²) in [5.41, 5.74) is 2.40. The van der Waals surface area contributed by atoms with E-state index in [1.54, 1.807) is 11.3 Å². The Kier molecular flexibility index (Phi) is 4.25. The Hall–Kier alpha value is -2.27. The summed E-state index contributed by atoms with van der Waals surface area (Å²) in [5, 5.41) is 5.30. The third-order valence-corrected chi connectivity index (χ3v) is 6.00. The quantitative estimate of drug-likeness (QED) is 0.679. The first kappa shape index (κ1) is 16.2. The summed E-state index contributed by atoms with van der Waals surface area (Å²) >= 11 is 1.60. The van der Waals surface area contributed by atoms with E-state index >= 15 is 0 Å². The number of benzene rings is 1. The Morgan fingerprint density at radius 1 is 1.36 bits per heavy atom. The fourth-order valence-corrected chi connectivity index (χ4v) is 4.32. The van der Waals surface area contributed by atoms with Crippen LogP contribution in [0.5, 0.6) is 5.06 Å². The number of hydrogen-bond donors (Lipinski definition) is 2. The van der Waals surface area contributed by atoms with Crippen molar-refractivity contribution in [3.63, 3.8) is 0 Å². The molecule has 2 N–H and O–H groups in total. The molecule has 2 unspecified atom stereocenters. The smallest absolute Gasteiger partial charge is 0.224 e. The number of aromatic amines is 1. The molecule has 5 heteroatoms. The maximum Gasteiger partial charge on any atom is 0.224 e. The summed E-state index contributed by atoms with van der Waals surface area (Å²) in [5.74, 6) is 0.549. The van der Waals surface area contributed by atoms with Gasteiger partial charge in [-0.2, -0.15) is 0 Å². The molecular formula is C20H22N2O2S. The number of hydrogen-bond acceptors (Lipinski definition) is 3. The number of thiophene rings is 1. The lowest BCUT2D eigenvalue weighted by molar-refractivity contribution is -0.123. The van der Waals surface area contributed by atoms with Gasteiger partial charge in [-0.25, -0.2) is 0 Å². The number of carbonyl (C=O) groups is 1. The van der Waals surface area contributed by atoms with Crippen molar-refractivity contribution in [2.24, 2.45) is 5.92 Å². The van der Waals surface area contributed by atoms with Crippen LogP contribution in [0, 0.1) is 5.92 Å². The summed E-state index contributed by atoms with van der Waals surface area (Å²) in [6.45, 7) is 4.67. The number of para-hydroxylation sites is 1. The second kappa shape index (κ2) is 6.56. The Morgan fingerprint density at radius 2 is 2.20 bits per heavy atom. The zero-order valence-electron chi connectivity index (χ0n) is 14.4. The predicted molar refractivity (Wildman–Crippen MR) is 101 cm³/mol. The normalized spacial score (nSPS) is 20.4. The third-order valence-electron chi connectivity index (χ3n) is 4.82. The lowest BCUT2D eigenvalue weighted by Gasteiger charge is -2.12. The van der Waals surface area contributed by atoms with Crippen molar-refractivity contribution in [3.05, 3.63) is 53.0 Å². The minimum Gasteiger partial charge on any atom is -0.484 e. The molecule has 0 radical (unpaired) electrons. The maximum atomic E-state index is 12.6. The van der Waals surface area contributed by atoms with Crippen LogP contribution in [0.4, 0.5) is 0 Å². The zero-order valence-corrected chi connectivity index (χ0v) is 15.2. The van der Waals surface area contributed by atoms with Crippen LogP contribution < -0.4 is 10.1 Å². The molecule has 1 amide bonds. The van der Waals surface area contributed by atoms with Gasteiger partial charge in [0.2, 0.25) is 5.91 Å². The maximum absolute atomic E-state index is 12.6. The van der Waals surface area contributed by atoms with Crippen LogP contribution in [-0.4, -0.2) is 17.5 Å². The third kappa shape index (κ3) is 3.16. The lowest BCUT2D eigenvalue weighted by Crippen LogP contribution is -2.27. The molecule has 4 nitrogen and oxygen atoms in total. The number of amides is 1. The van der Waals surface area contributed by atoms with Gasteiger partial charge in [-0.3, -0.25) is 4.79 Å². The molecule has 2 aromatic heterocycles. The van der Waals surface area contributed by atoms with Gasteiger partial charge in [-0.15, -0.1) is 11.3 Å². The molecule has 3 atom stereocenters. The van der Waals surface area contributed by atoms with Gasteiger partial charge in [-0.05, 0) is 49.9 Å². The van der Waals surface area contributed by atoms with E-state index in [-0.39, 0.29) is 17.9 Å². The summed E-state index contributed by atoms with van der Waals surface area (Å²) in [6, 6.07) is 12.3. The first-order valence-corrected chi connectivity index (χ1v) is 9.58. The van der Waals surface area contributed by atoms with Crippen molar-refractivity contribution in [2.75, 3.05) is 6.61 Å². The van der Waals surface area contributed by atoms with Gasteiger partial charge >= 0.3 is 0 Å². The van der Waals surface area contributed by atoms with E-state index in [4.69, 9.17) is 4.74 Å². The monoisotopic (exact) mass is 354 g/mol. The second-order valence-electron chi connectivity index (χ2n) is 6.56. The number of H-pyrrole nitrogens is 1. The molecule has 1 aromatic carbocycles. The molecule has 0 bridgehead atoms. The van der Waals surface area contributed by atoms with Crippen LogP contribution in [0.25, 0.3) is 10.9 Å². The molecule has 1 fully saturated rings. The predicted octanol–water partition coefficient (Wildman–Crippen LogP) is 4.61. The van der Waals surface area contributed by atoms with Crippen LogP contribution in [-0.2, 0) is 4.79 Å². The minimum atomic E-state index is 0.0101. The highest BCUT2D eigenvalue weighted by Crippen LogP contribution is 2.49. The van der Waals surface area contributed by atoms with Gasteiger partial charge < -0.3 is 15.0 Å². The average Bonchev–Trinajstić information content (AvgIpc) is 3.07. The fraction of sp³-hybridized carbons (Fsp3) is 0.350. The molecule has 1 aliphatic rings. The van der Waals surface area contributed by atoms with E-state index in [1.165, 1.54) is 10.9 Å². The molecule has 25 heavy (non-hydrogen) atoms. The van der Waals surface area contributed by atoms with Crippen LogP contribution in [0.1, 0.15) is 42.7 Å². The Labute approximate surface area is 151 Å². The van der Waals surface area contributed by atoms with E-state index < -0.39 is 0 Å². The molecule has 0 spiro atoms. The first-order valence-electron chi connectivity index (χ1n) is 8.76. The van der Waals surface area contributed by atoms with Crippen LogP contribution >= 0.6 is 11.3 Å². The minimum absolute atomic E-state index is 0.0101. The molecule has 3 aromatic rings. The van der Waals surface area contributed by atoms with Crippen LogP contribution in [0.15, 0.2) is 42.6 Å². The van der Waals surface area contributed by atoms with Crippen molar-refractivity contribution in [1.82, 2.24) is 10.3 Å². The summed E-state index contributed by atoms with van der Waals surface area (Å²) in [4.78, 5) is 17.0. The number of aromatic nitrogens is 1. The number of carbonyl (C=O) groups excluding carboxylic acids is 1. The van der Waals surface area contributed by atoms with Crippen LogP contribution in [0.3, 0.4) is 0 Å². The second-order valence-corrected chi connectivity index (χ2v) is 7.64. The topological polar surface area (TPSA) is 54.1 Å². The fourth-order valence-electron chi connectivity index (χ4n) is 3.41. The van der Waals surface area contributed by atoms with Crippen molar-refractivity contribution in [3.8, 4) is 5.06 Å². The van der Waals surface area contributed by atoms with E-state index in [9.17, 15) is 4.79 Å². The number of ether oxygens (including phenoxy) is 1. The highest BCUT2D eigenvalue weighted by Gasteiger charge is 2.45. The molecule has 4 rings (SSSR count). The van der Waals surface area contributed by atoms with E-state index in [1.807, 2.05) is 38.1 Å². The van der Waals surface area contributed by atoms with Gasteiger partial charge in [0, 0.05) is 27.9 Å². The SMILES string of the molecule is CCOc1ccc([C@@H](C)NC(=O)C2CC2c2c[nH]c3ccccc23)s1. The van der Waals surface area contributed by atoms with Crippen molar-refractivity contribution < 1.29 is 9.53 Å². The number of fused-ring (bicyclic) bond motifs is 1. The molecule has 2 heterocycles. The molecule has 0 saturated heterocycles. The summed E-state index contributed by atoms with van der Waals surface area (Å²) in [7, 11) is 0. The van der Waals surface area contributed by atoms with Gasteiger partial charge in [0.1, 0.15) is 0 Å². The molecular weight excluding hydrogens is 332 g/mol. The van der Waals surface area contributed by atoms with E-state index in [0.717, 1.165) is 21.9 Å². The Morgan fingerprint density at radius 3 is 3.04 bits per heavy atom. The van der Waals surface area contributed by atoms with Crippen molar-refractivity contribution in [2.45, 2.75) is 32.2 Å². The van der Waals surface area contributed by atoms with Gasteiger partial charge in [0.05, 0.1) is 12.6 Å². The number of nitrogens with one attached hydrogen (secondary N) is 2. The first-order chi connectivity index (χ1) is 12.2. The highest BCUT2D eigenvalue weighted by molar-refractivity contribution is 7.13. The van der Waals surface area contributed by atoms with Crippen LogP contribution in [0.2, 0.25) is 0 Å². The highest BCUT2D eigenvalue weighted by atomic mass is 32.1. The average molecular weight is 354 g/mol.